The van der Waals surface area contributed by atoms with Crippen LogP contribution in [0, 0.1) is 17.0 Å². The summed E-state index contributed by atoms with van der Waals surface area (Å²) in [7, 11) is 0. The van der Waals surface area contributed by atoms with Crippen molar-refractivity contribution in [3.63, 3.8) is 0 Å². The molecular formula is C53H69F2N11O13. The minimum atomic E-state index is -1.79. The molecule has 4 rings (SSSR count). The molecule has 1 aromatic heterocycles. The third-order valence-electron chi connectivity index (χ3n) is 12.5. The van der Waals surface area contributed by atoms with Crippen molar-refractivity contribution >= 4 is 65.0 Å². The predicted octanol–water partition coefficient (Wildman–Crippen LogP) is -0.236. The highest BCUT2D eigenvalue weighted by molar-refractivity contribution is 6.14. The van der Waals surface area contributed by atoms with Gasteiger partial charge in [0.05, 0.1) is 12.5 Å². The molecule has 0 unspecified atom stereocenters. The SMILES string of the molecule is C[C@H](NC(=O)CN1C(=O)C=CC1=O)C(=O)N[C@@H](C)C(=O)N[C@@H](CC(N)=O)C(=O)N[C@@H](CCN(C(=O)CO)[C@@H](c1cc(-c2cc(F)ccc2F)cn1Cc1ccccc1)C(C)(C)C)C(=O)NCCC(=O)NCCCC[C@H](N)C(=O)O. The van der Waals surface area contributed by atoms with Gasteiger partial charge in [0.1, 0.15) is 55.0 Å². The van der Waals surface area contributed by atoms with Gasteiger partial charge in [-0.25, -0.2) is 8.78 Å². The van der Waals surface area contributed by atoms with E-state index in [4.69, 9.17) is 16.6 Å². The van der Waals surface area contributed by atoms with Gasteiger partial charge in [-0.1, -0.05) is 51.1 Å². The third-order valence-corrected chi connectivity index (χ3v) is 12.5. The molecule has 0 spiro atoms. The second-order valence-corrected chi connectivity index (χ2v) is 19.9. The molecular weight excluding hydrogens is 1040 g/mol. The highest BCUT2D eigenvalue weighted by Gasteiger charge is 2.39. The van der Waals surface area contributed by atoms with Crippen LogP contribution in [0.15, 0.2) is 72.9 Å². The molecule has 2 aromatic carbocycles. The Morgan fingerprint density at radius 3 is 2.00 bits per heavy atom. The zero-order valence-corrected chi connectivity index (χ0v) is 44.5. The first-order chi connectivity index (χ1) is 37.2. The summed E-state index contributed by atoms with van der Waals surface area (Å²) in [6.45, 7) is 5.77. The van der Waals surface area contributed by atoms with Crippen molar-refractivity contribution in [2.75, 3.05) is 32.8 Å². The maximum Gasteiger partial charge on any atom is 0.320 e. The Hall–Kier alpha value is -8.39. The molecule has 10 amide bonds. The zero-order chi connectivity index (χ0) is 58.7. The van der Waals surface area contributed by atoms with Crippen LogP contribution in [0.3, 0.4) is 0 Å². The van der Waals surface area contributed by atoms with Crippen LogP contribution < -0.4 is 43.4 Å². The number of benzene rings is 2. The Morgan fingerprint density at radius 1 is 0.747 bits per heavy atom. The number of carboxylic acid groups (broad SMARTS) is 1. The lowest BCUT2D eigenvalue weighted by Crippen LogP contribution is -2.58. The van der Waals surface area contributed by atoms with Gasteiger partial charge in [0.2, 0.25) is 47.3 Å². The smallest absolute Gasteiger partial charge is 0.320 e. The first-order valence-electron chi connectivity index (χ1n) is 25.3. The Morgan fingerprint density at radius 2 is 1.38 bits per heavy atom. The molecule has 428 valence electrons. The molecule has 0 fully saturated rings. The van der Waals surface area contributed by atoms with Crippen LogP contribution in [0.2, 0.25) is 0 Å². The molecule has 26 heteroatoms. The quantitative estimate of drug-likeness (QED) is 0.0305. The first kappa shape index (κ1) is 63.1. The van der Waals surface area contributed by atoms with Gasteiger partial charge in [-0.2, -0.15) is 0 Å². The van der Waals surface area contributed by atoms with Crippen molar-refractivity contribution in [1.82, 2.24) is 46.3 Å². The number of amides is 10. The maximum atomic E-state index is 15.4. The van der Waals surface area contributed by atoms with Crippen LogP contribution in [-0.2, 0) is 59.3 Å². The van der Waals surface area contributed by atoms with E-state index in [0.29, 0.717) is 23.4 Å². The number of carboxylic acids is 1. The number of nitrogens with zero attached hydrogens (tertiary/aromatic N) is 3. The van der Waals surface area contributed by atoms with E-state index < -0.39 is 151 Å². The minimum absolute atomic E-state index is 0.0764. The molecule has 0 radical (unpaired) electrons. The summed E-state index contributed by atoms with van der Waals surface area (Å²) in [6.07, 6.45) is 3.00. The number of hydrogen-bond acceptors (Lipinski definition) is 13. The van der Waals surface area contributed by atoms with Crippen LogP contribution in [-0.4, -0.2) is 153 Å². The number of nitrogens with two attached hydrogens (primary N) is 2. The second kappa shape index (κ2) is 29.4. The molecule has 2 heterocycles. The number of imide groups is 1. The fourth-order valence-electron chi connectivity index (χ4n) is 8.46. The van der Waals surface area contributed by atoms with E-state index in [1.807, 2.05) is 18.2 Å². The number of nitrogens with one attached hydrogen (secondary N) is 6. The second-order valence-electron chi connectivity index (χ2n) is 19.9. The number of aromatic nitrogens is 1. The van der Waals surface area contributed by atoms with Gasteiger partial charge in [0, 0.05) is 67.8 Å². The lowest BCUT2D eigenvalue weighted by Gasteiger charge is -2.41. The largest absolute Gasteiger partial charge is 0.480 e. The van der Waals surface area contributed by atoms with Crippen molar-refractivity contribution < 1.29 is 71.7 Å². The molecule has 12 N–H and O–H groups in total. The number of primary amides is 1. The van der Waals surface area contributed by atoms with Crippen LogP contribution in [0.25, 0.3) is 11.1 Å². The number of rotatable bonds is 30. The van der Waals surface area contributed by atoms with E-state index in [1.54, 1.807) is 49.7 Å². The number of carbonyl (C=O) groups excluding carboxylic acids is 10. The molecule has 1 aliphatic rings. The first-order valence-corrected chi connectivity index (χ1v) is 25.3. The van der Waals surface area contributed by atoms with Crippen LogP contribution >= 0.6 is 0 Å². The molecule has 79 heavy (non-hydrogen) atoms. The summed E-state index contributed by atoms with van der Waals surface area (Å²) in [5.41, 5.74) is 11.5. The van der Waals surface area contributed by atoms with E-state index in [0.717, 1.165) is 35.9 Å². The maximum absolute atomic E-state index is 15.4. The number of aliphatic hydroxyl groups is 1. The highest BCUT2D eigenvalue weighted by Crippen LogP contribution is 2.41. The molecule has 0 saturated carbocycles. The molecule has 1 aliphatic heterocycles. The monoisotopic (exact) mass is 1110 g/mol. The average Bonchev–Trinajstić information content (AvgIpc) is 4.04. The number of halogens is 2. The summed E-state index contributed by atoms with van der Waals surface area (Å²) < 4.78 is 31.8. The van der Waals surface area contributed by atoms with Gasteiger partial charge in [-0.3, -0.25) is 57.6 Å². The highest BCUT2D eigenvalue weighted by atomic mass is 19.1. The lowest BCUT2D eigenvalue weighted by molar-refractivity contribution is -0.141. The molecule has 0 bridgehead atoms. The average molecular weight is 1110 g/mol. The Balaban J connectivity index is 1.62. The summed E-state index contributed by atoms with van der Waals surface area (Å²) in [4.78, 5) is 143. The normalized spacial score (nSPS) is 14.5. The van der Waals surface area contributed by atoms with E-state index in [1.165, 1.54) is 18.7 Å². The van der Waals surface area contributed by atoms with Crippen LogP contribution in [0.5, 0.6) is 0 Å². The lowest BCUT2D eigenvalue weighted by atomic mass is 9.82. The van der Waals surface area contributed by atoms with Gasteiger partial charge in [0.25, 0.3) is 11.8 Å². The number of aliphatic hydroxyl groups excluding tert-OH is 1. The molecule has 0 saturated heterocycles. The zero-order valence-electron chi connectivity index (χ0n) is 44.5. The van der Waals surface area contributed by atoms with E-state index >= 15 is 4.39 Å². The minimum Gasteiger partial charge on any atom is -0.480 e. The van der Waals surface area contributed by atoms with Crippen molar-refractivity contribution in [2.24, 2.45) is 16.9 Å². The van der Waals surface area contributed by atoms with Gasteiger partial charge >= 0.3 is 5.97 Å². The Labute approximate surface area is 454 Å². The molecule has 3 aromatic rings. The summed E-state index contributed by atoms with van der Waals surface area (Å²) >= 11 is 0. The van der Waals surface area contributed by atoms with E-state index in [9.17, 15) is 62.2 Å². The van der Waals surface area contributed by atoms with Gasteiger partial charge in [0.15, 0.2) is 0 Å². The molecule has 24 nitrogen and oxygen atoms in total. The van der Waals surface area contributed by atoms with E-state index in [-0.39, 0.29) is 43.6 Å². The Kier molecular flexibility index (Phi) is 23.5. The topological polar surface area (TPSA) is 364 Å². The summed E-state index contributed by atoms with van der Waals surface area (Å²) in [6, 6.07) is 5.45. The molecule has 6 atom stereocenters. The molecule has 0 aliphatic carbocycles. The van der Waals surface area contributed by atoms with Crippen molar-refractivity contribution in [3.05, 3.63) is 95.8 Å². The van der Waals surface area contributed by atoms with Crippen molar-refractivity contribution in [2.45, 2.75) is 116 Å². The number of hydrogen-bond donors (Lipinski definition) is 10. The van der Waals surface area contributed by atoms with E-state index in [2.05, 4.69) is 31.9 Å². The number of aliphatic carboxylic acids is 1. The standard InChI is InChI=1S/C53H69F2N11O13/c1-30(60-43(70)28-66-44(71)16-17-45(66)72)48(74)61-31(2)49(75)63-39(25-41(57)68)51(77)62-38(50(76)59-21-18-42(69)58-20-10-9-13-37(56)52(78)79)19-22-65(46(73)29-67)47(53(3,4)5)40-23-33(35-24-34(54)14-15-36(35)55)27-64(40)26-32-11-7-6-8-12-32/h6-8,11-12,14-17,23-24,27,30-31,37-39,47,67H,9-10,13,18-22,25-26,28-29,56H2,1-5H3,(H2,57,68)(H,58,69)(H,59,76)(H,60,70)(H,61,74)(H,62,77)(H,63,75)(H,78,79)/t30-,31-,37-,38-,39-,47-/m0/s1. The Bertz CT molecular complexity index is 2750. The van der Waals surface area contributed by atoms with Crippen LogP contribution in [0.4, 0.5) is 8.78 Å². The van der Waals surface area contributed by atoms with Gasteiger partial charge in [-0.05, 0) is 74.8 Å². The van der Waals surface area contributed by atoms with Crippen LogP contribution in [0.1, 0.15) is 90.4 Å². The van der Waals surface area contributed by atoms with Crippen molar-refractivity contribution in [1.29, 1.82) is 0 Å². The fourth-order valence-corrected chi connectivity index (χ4v) is 8.46. The summed E-state index contributed by atoms with van der Waals surface area (Å²) in [5.74, 6) is -11.3. The van der Waals surface area contributed by atoms with Crippen molar-refractivity contribution in [3.8, 4) is 11.1 Å². The van der Waals surface area contributed by atoms with Gasteiger partial charge in [-0.15, -0.1) is 0 Å². The third kappa shape index (κ3) is 19.2. The number of carbonyl (C=O) groups is 11. The fraction of sp³-hybridized carbons (Fsp3) is 0.453. The number of unbranched alkanes of at least 4 members (excludes halogenated alkanes) is 1. The van der Waals surface area contributed by atoms with Gasteiger partial charge < -0.3 is 63.0 Å². The predicted molar refractivity (Wildman–Crippen MR) is 280 cm³/mol. The summed E-state index contributed by atoms with van der Waals surface area (Å²) in [5, 5.41) is 34.1.